The van der Waals surface area contributed by atoms with Crippen LogP contribution >= 0.6 is 0 Å². The molecule has 2 aliphatic rings. The molecule has 0 aliphatic carbocycles. The van der Waals surface area contributed by atoms with Crippen LogP contribution < -0.4 is 10.6 Å². The monoisotopic (exact) mass is 491 g/mol. The SMILES string of the molecule is O=C(O)C(F)(F)F.O=C(O)C(F)(F)F.c1cncc(NCC2COC3(CNCCOC3)C2)c1. The number of anilines is 1. The van der Waals surface area contributed by atoms with Crippen LogP contribution in [-0.2, 0) is 19.1 Å². The zero-order valence-corrected chi connectivity index (χ0v) is 17.1. The van der Waals surface area contributed by atoms with Gasteiger partial charge >= 0.3 is 24.3 Å². The minimum atomic E-state index is -5.08. The lowest BCUT2D eigenvalue weighted by Gasteiger charge is -2.25. The first-order chi connectivity index (χ1) is 15.3. The average molecular weight is 491 g/mol. The summed E-state index contributed by atoms with van der Waals surface area (Å²) in [6.45, 7) is 5.04. The Kier molecular flexibility index (Phi) is 10.8. The van der Waals surface area contributed by atoms with Gasteiger partial charge in [0.1, 0.15) is 5.60 Å². The van der Waals surface area contributed by atoms with Gasteiger partial charge in [-0.3, -0.25) is 4.98 Å². The topological polar surface area (TPSA) is 130 Å². The predicted molar refractivity (Wildman–Crippen MR) is 101 cm³/mol. The van der Waals surface area contributed by atoms with E-state index < -0.39 is 24.3 Å². The second-order valence-electron chi connectivity index (χ2n) is 7.02. The molecule has 1 aromatic heterocycles. The number of halogens is 6. The summed E-state index contributed by atoms with van der Waals surface area (Å²) in [4.78, 5) is 21.9. The van der Waals surface area contributed by atoms with Gasteiger partial charge in [-0.15, -0.1) is 0 Å². The number of hydrogen-bond acceptors (Lipinski definition) is 7. The van der Waals surface area contributed by atoms with E-state index in [0.29, 0.717) is 12.5 Å². The van der Waals surface area contributed by atoms with Gasteiger partial charge in [0.25, 0.3) is 0 Å². The summed E-state index contributed by atoms with van der Waals surface area (Å²) in [6, 6.07) is 3.98. The van der Waals surface area contributed by atoms with Gasteiger partial charge in [-0.05, 0) is 18.6 Å². The van der Waals surface area contributed by atoms with E-state index in [1.165, 1.54) is 0 Å². The Morgan fingerprint density at radius 1 is 1.18 bits per heavy atom. The maximum Gasteiger partial charge on any atom is 0.490 e. The molecule has 2 unspecified atom stereocenters. The smallest absolute Gasteiger partial charge is 0.475 e. The third kappa shape index (κ3) is 11.2. The normalized spacial score (nSPS) is 22.8. The lowest BCUT2D eigenvalue weighted by atomic mass is 9.94. The highest BCUT2D eigenvalue weighted by Gasteiger charge is 2.41. The van der Waals surface area contributed by atoms with E-state index in [9.17, 15) is 26.3 Å². The van der Waals surface area contributed by atoms with Crippen molar-refractivity contribution >= 4 is 17.6 Å². The fraction of sp³-hybridized carbons (Fsp3) is 0.611. The van der Waals surface area contributed by atoms with Crippen LogP contribution in [0, 0.1) is 5.92 Å². The molecule has 2 aliphatic heterocycles. The maximum atomic E-state index is 10.6. The predicted octanol–water partition coefficient (Wildman–Crippen LogP) is 2.16. The lowest BCUT2D eigenvalue weighted by Crippen LogP contribution is -2.42. The van der Waals surface area contributed by atoms with Gasteiger partial charge < -0.3 is 30.3 Å². The number of hydrogen-bond donors (Lipinski definition) is 4. The zero-order valence-electron chi connectivity index (χ0n) is 17.1. The highest BCUT2D eigenvalue weighted by atomic mass is 19.4. The van der Waals surface area contributed by atoms with Crippen molar-refractivity contribution in [3.05, 3.63) is 24.5 Å². The lowest BCUT2D eigenvalue weighted by molar-refractivity contribution is -0.193. The summed E-state index contributed by atoms with van der Waals surface area (Å²) in [5.74, 6) is -4.98. The van der Waals surface area contributed by atoms with Gasteiger partial charge in [0.15, 0.2) is 0 Å². The van der Waals surface area contributed by atoms with Gasteiger partial charge in [0.05, 0.1) is 25.5 Å². The van der Waals surface area contributed by atoms with E-state index in [-0.39, 0.29) is 5.60 Å². The number of aliphatic carboxylic acids is 2. The van der Waals surface area contributed by atoms with E-state index in [4.69, 9.17) is 29.3 Å². The summed E-state index contributed by atoms with van der Waals surface area (Å²) in [7, 11) is 0. The average Bonchev–Trinajstić information content (AvgIpc) is 2.97. The largest absolute Gasteiger partial charge is 0.490 e. The Bertz CT molecular complexity index is 715. The number of nitrogens with zero attached hydrogens (tertiary/aromatic N) is 1. The fourth-order valence-electron chi connectivity index (χ4n) is 2.79. The van der Waals surface area contributed by atoms with Crippen molar-refractivity contribution in [2.24, 2.45) is 5.92 Å². The molecule has 2 atom stereocenters. The standard InChI is InChI=1S/C14H21N3O2.2C2HF3O2/c1-2-13(8-15-3-1)17-7-12-6-14(19-9-12)10-16-4-5-18-11-14;2*3-2(4,5)1(6)7/h1-3,8,12,16-17H,4-7,9-11H2;2*(H,6,7). The maximum absolute atomic E-state index is 10.6. The van der Waals surface area contributed by atoms with Gasteiger partial charge in [-0.1, -0.05) is 0 Å². The molecular weight excluding hydrogens is 468 g/mol. The Morgan fingerprint density at radius 3 is 2.30 bits per heavy atom. The molecule has 0 amide bonds. The number of nitrogens with one attached hydrogen (secondary N) is 2. The van der Waals surface area contributed by atoms with Gasteiger partial charge in [0, 0.05) is 37.9 Å². The highest BCUT2D eigenvalue weighted by Crippen LogP contribution is 2.31. The first-order valence-corrected chi connectivity index (χ1v) is 9.42. The van der Waals surface area contributed by atoms with Gasteiger partial charge in [0.2, 0.25) is 0 Å². The van der Waals surface area contributed by atoms with Crippen LogP contribution in [0.4, 0.5) is 32.0 Å². The summed E-state index contributed by atoms with van der Waals surface area (Å²) >= 11 is 0. The molecule has 15 heteroatoms. The molecular formula is C18H23F6N3O6. The molecule has 0 radical (unpaired) electrons. The number of alkyl halides is 6. The minimum absolute atomic E-state index is 0.113. The molecule has 2 saturated heterocycles. The number of rotatable bonds is 3. The van der Waals surface area contributed by atoms with Crippen LogP contribution in [0.2, 0.25) is 0 Å². The van der Waals surface area contributed by atoms with Crippen molar-refractivity contribution in [2.75, 3.05) is 44.8 Å². The third-order valence-electron chi connectivity index (χ3n) is 4.26. The Balaban J connectivity index is 0.000000324. The number of carbonyl (C=O) groups is 2. The number of aromatic nitrogens is 1. The molecule has 0 saturated carbocycles. The molecule has 188 valence electrons. The highest BCUT2D eigenvalue weighted by molar-refractivity contribution is 5.73. The van der Waals surface area contributed by atoms with Gasteiger partial charge in [-0.25, -0.2) is 9.59 Å². The first-order valence-electron chi connectivity index (χ1n) is 9.42. The van der Waals surface area contributed by atoms with Crippen molar-refractivity contribution < 1.29 is 55.6 Å². The van der Waals surface area contributed by atoms with E-state index >= 15 is 0 Å². The minimum Gasteiger partial charge on any atom is -0.475 e. The number of carboxylic acids is 2. The Labute approximate surface area is 184 Å². The fourth-order valence-corrected chi connectivity index (χ4v) is 2.79. The van der Waals surface area contributed by atoms with Gasteiger partial charge in [-0.2, -0.15) is 26.3 Å². The van der Waals surface area contributed by atoms with Crippen LogP contribution in [0.5, 0.6) is 0 Å². The Hall–Kier alpha value is -2.65. The third-order valence-corrected chi connectivity index (χ3v) is 4.26. The number of carboxylic acid groups (broad SMARTS) is 2. The molecule has 3 heterocycles. The number of pyridine rings is 1. The summed E-state index contributed by atoms with van der Waals surface area (Å²) in [5, 5.41) is 21.1. The second kappa shape index (κ2) is 12.6. The summed E-state index contributed by atoms with van der Waals surface area (Å²) in [5.41, 5.74) is 0.955. The summed E-state index contributed by atoms with van der Waals surface area (Å²) in [6.07, 6.45) is -5.48. The molecule has 1 spiro atoms. The van der Waals surface area contributed by atoms with Crippen LogP contribution in [0.15, 0.2) is 24.5 Å². The van der Waals surface area contributed by atoms with Crippen LogP contribution in [0.1, 0.15) is 6.42 Å². The first kappa shape index (κ1) is 28.4. The molecule has 33 heavy (non-hydrogen) atoms. The van der Waals surface area contributed by atoms with Crippen LogP contribution in [0.3, 0.4) is 0 Å². The van der Waals surface area contributed by atoms with Crippen molar-refractivity contribution in [1.29, 1.82) is 0 Å². The molecule has 1 aromatic rings. The van der Waals surface area contributed by atoms with E-state index in [1.807, 2.05) is 18.3 Å². The molecule has 0 bridgehead atoms. The van der Waals surface area contributed by atoms with Crippen molar-refractivity contribution in [2.45, 2.75) is 24.4 Å². The Morgan fingerprint density at radius 2 is 1.79 bits per heavy atom. The van der Waals surface area contributed by atoms with E-state index in [1.54, 1.807) is 6.20 Å². The van der Waals surface area contributed by atoms with Crippen molar-refractivity contribution in [3.8, 4) is 0 Å². The van der Waals surface area contributed by atoms with Crippen LogP contribution in [0.25, 0.3) is 0 Å². The molecule has 2 fully saturated rings. The molecule has 3 rings (SSSR count). The van der Waals surface area contributed by atoms with Crippen molar-refractivity contribution in [1.82, 2.24) is 10.3 Å². The molecule has 4 N–H and O–H groups in total. The second-order valence-corrected chi connectivity index (χ2v) is 7.02. The quantitative estimate of drug-likeness (QED) is 0.470. The zero-order chi connectivity index (χ0) is 25.1. The van der Waals surface area contributed by atoms with Crippen molar-refractivity contribution in [3.63, 3.8) is 0 Å². The molecule has 0 aromatic carbocycles. The van der Waals surface area contributed by atoms with Crippen LogP contribution in [-0.4, -0.2) is 84.5 Å². The number of ether oxygens (including phenoxy) is 2. The summed E-state index contributed by atoms with van der Waals surface area (Å²) < 4.78 is 75.1. The van der Waals surface area contributed by atoms with E-state index in [0.717, 1.165) is 45.0 Å². The molecule has 9 nitrogen and oxygen atoms in total. The van der Waals surface area contributed by atoms with E-state index in [2.05, 4.69) is 15.6 Å².